The van der Waals surface area contributed by atoms with Gasteiger partial charge in [0.25, 0.3) is 0 Å². The van der Waals surface area contributed by atoms with E-state index < -0.39 is 5.41 Å². The SMILES string of the molecule is O=C(N1C[C@@H]2CNC[C@@H]2[C@@H]1c1cccc(F)c1)C1(CO)CNC1. The van der Waals surface area contributed by atoms with E-state index in [1.54, 1.807) is 6.07 Å². The van der Waals surface area contributed by atoms with Crippen molar-refractivity contribution in [3.05, 3.63) is 35.6 Å². The van der Waals surface area contributed by atoms with Crippen LogP contribution in [0.1, 0.15) is 11.6 Å². The van der Waals surface area contributed by atoms with Gasteiger partial charge in [-0.05, 0) is 23.6 Å². The maximum Gasteiger partial charge on any atom is 0.234 e. The fourth-order valence-corrected chi connectivity index (χ4v) is 4.31. The average molecular weight is 319 g/mol. The second-order valence-electron chi connectivity index (χ2n) is 7.08. The number of benzene rings is 1. The predicted octanol–water partition coefficient (Wildman–Crippen LogP) is 0.126. The summed E-state index contributed by atoms with van der Waals surface area (Å²) in [5.74, 6) is 0.439. The number of rotatable bonds is 3. The molecular weight excluding hydrogens is 297 g/mol. The smallest absolute Gasteiger partial charge is 0.234 e. The molecule has 3 atom stereocenters. The molecule has 5 nitrogen and oxygen atoms in total. The molecule has 0 radical (unpaired) electrons. The molecule has 1 aromatic rings. The minimum Gasteiger partial charge on any atom is -0.395 e. The Labute approximate surface area is 134 Å². The molecule has 0 spiro atoms. The van der Waals surface area contributed by atoms with E-state index in [1.807, 2.05) is 11.0 Å². The van der Waals surface area contributed by atoms with Gasteiger partial charge in [-0.25, -0.2) is 4.39 Å². The highest BCUT2D eigenvalue weighted by atomic mass is 19.1. The van der Waals surface area contributed by atoms with Crippen LogP contribution in [0.3, 0.4) is 0 Å². The Hall–Kier alpha value is -1.50. The van der Waals surface area contributed by atoms with Crippen LogP contribution in [0.15, 0.2) is 24.3 Å². The van der Waals surface area contributed by atoms with Crippen LogP contribution in [0.2, 0.25) is 0 Å². The number of nitrogens with zero attached hydrogens (tertiary/aromatic N) is 1. The quantitative estimate of drug-likeness (QED) is 0.741. The van der Waals surface area contributed by atoms with Crippen LogP contribution in [0.5, 0.6) is 0 Å². The summed E-state index contributed by atoms with van der Waals surface area (Å²) >= 11 is 0. The van der Waals surface area contributed by atoms with E-state index in [1.165, 1.54) is 12.1 Å². The minimum absolute atomic E-state index is 0.00223. The third kappa shape index (κ3) is 2.28. The fraction of sp³-hybridized carbons (Fsp3) is 0.588. The van der Waals surface area contributed by atoms with Crippen molar-refractivity contribution in [2.75, 3.05) is 39.3 Å². The monoisotopic (exact) mass is 319 g/mol. The van der Waals surface area contributed by atoms with Crippen LogP contribution in [0.4, 0.5) is 4.39 Å². The molecule has 0 bridgehead atoms. The Morgan fingerprint density at radius 2 is 2.17 bits per heavy atom. The summed E-state index contributed by atoms with van der Waals surface area (Å²) in [6.07, 6.45) is 0. The number of carbonyl (C=O) groups excluding carboxylic acids is 1. The maximum absolute atomic E-state index is 13.7. The van der Waals surface area contributed by atoms with E-state index in [9.17, 15) is 14.3 Å². The van der Waals surface area contributed by atoms with Gasteiger partial charge in [-0.2, -0.15) is 0 Å². The molecular formula is C17H22FN3O2. The van der Waals surface area contributed by atoms with Crippen LogP contribution >= 0.6 is 0 Å². The number of aliphatic hydroxyl groups excluding tert-OH is 1. The third-order valence-electron chi connectivity index (χ3n) is 5.70. The molecule has 4 rings (SSSR count). The second kappa shape index (κ2) is 5.54. The van der Waals surface area contributed by atoms with Crippen LogP contribution in [-0.4, -0.2) is 55.2 Å². The number of halogens is 1. The summed E-state index contributed by atoms with van der Waals surface area (Å²) in [5, 5.41) is 16.2. The zero-order chi connectivity index (χ0) is 16.0. The van der Waals surface area contributed by atoms with Crippen molar-refractivity contribution in [2.24, 2.45) is 17.3 Å². The molecule has 23 heavy (non-hydrogen) atoms. The van der Waals surface area contributed by atoms with Crippen molar-refractivity contribution in [3.63, 3.8) is 0 Å². The molecule has 3 N–H and O–H groups in total. The molecule has 124 valence electrons. The lowest BCUT2D eigenvalue weighted by atomic mass is 9.80. The molecule has 3 aliphatic rings. The fourth-order valence-electron chi connectivity index (χ4n) is 4.31. The Morgan fingerprint density at radius 1 is 1.35 bits per heavy atom. The summed E-state index contributed by atoms with van der Waals surface area (Å²) in [6.45, 7) is 3.31. The van der Waals surface area contributed by atoms with Crippen molar-refractivity contribution in [1.82, 2.24) is 15.5 Å². The van der Waals surface area contributed by atoms with Gasteiger partial charge < -0.3 is 20.6 Å². The topological polar surface area (TPSA) is 64.6 Å². The molecule has 0 aliphatic carbocycles. The molecule has 1 aromatic carbocycles. The highest BCUT2D eigenvalue weighted by Gasteiger charge is 2.53. The Kier molecular flexibility index (Phi) is 3.63. The number of carbonyl (C=O) groups is 1. The first-order chi connectivity index (χ1) is 11.1. The first-order valence-corrected chi connectivity index (χ1v) is 8.23. The molecule has 3 heterocycles. The molecule has 0 unspecified atom stereocenters. The summed E-state index contributed by atoms with van der Waals surface area (Å²) in [6, 6.07) is 6.47. The molecule has 1 amide bonds. The Balaban J connectivity index is 1.68. The number of amides is 1. The number of aliphatic hydroxyl groups is 1. The highest BCUT2D eigenvalue weighted by Crippen LogP contribution is 2.44. The molecule has 3 saturated heterocycles. The van der Waals surface area contributed by atoms with E-state index in [0.717, 1.165) is 18.7 Å². The molecule has 6 heteroatoms. The third-order valence-corrected chi connectivity index (χ3v) is 5.70. The first kappa shape index (κ1) is 15.1. The highest BCUT2D eigenvalue weighted by molar-refractivity contribution is 5.85. The van der Waals surface area contributed by atoms with Gasteiger partial charge in [0.2, 0.25) is 5.91 Å². The van der Waals surface area contributed by atoms with Gasteiger partial charge in [-0.1, -0.05) is 12.1 Å². The zero-order valence-corrected chi connectivity index (χ0v) is 13.0. The second-order valence-corrected chi connectivity index (χ2v) is 7.08. The van der Waals surface area contributed by atoms with Crippen LogP contribution in [0.25, 0.3) is 0 Å². The lowest BCUT2D eigenvalue weighted by molar-refractivity contribution is -0.150. The van der Waals surface area contributed by atoms with Crippen molar-refractivity contribution >= 4 is 5.91 Å². The van der Waals surface area contributed by atoms with E-state index in [4.69, 9.17) is 0 Å². The average Bonchev–Trinajstić information content (AvgIpc) is 3.06. The van der Waals surface area contributed by atoms with E-state index in [0.29, 0.717) is 31.5 Å². The zero-order valence-electron chi connectivity index (χ0n) is 13.0. The van der Waals surface area contributed by atoms with E-state index in [2.05, 4.69) is 10.6 Å². The molecule has 3 aliphatic heterocycles. The lowest BCUT2D eigenvalue weighted by Crippen LogP contribution is -2.64. The van der Waals surface area contributed by atoms with Gasteiger partial charge in [-0.15, -0.1) is 0 Å². The van der Waals surface area contributed by atoms with Gasteiger partial charge in [-0.3, -0.25) is 4.79 Å². The summed E-state index contributed by atoms with van der Waals surface area (Å²) < 4.78 is 13.7. The standard InChI is InChI=1S/C17H22FN3O2/c18-13-3-1-2-11(4-13)15-14-6-19-5-12(14)7-21(15)16(23)17(10-22)8-20-9-17/h1-4,12,14-15,19-20,22H,5-10H2/t12-,14-,15-/m0/s1. The van der Waals surface area contributed by atoms with Crippen LogP contribution in [0, 0.1) is 23.1 Å². The molecule has 3 fully saturated rings. The van der Waals surface area contributed by atoms with Gasteiger partial charge in [0.1, 0.15) is 5.82 Å². The van der Waals surface area contributed by atoms with Crippen molar-refractivity contribution in [2.45, 2.75) is 6.04 Å². The molecule has 0 saturated carbocycles. The number of hydrogen-bond acceptors (Lipinski definition) is 4. The maximum atomic E-state index is 13.7. The van der Waals surface area contributed by atoms with Crippen LogP contribution < -0.4 is 10.6 Å². The summed E-state index contributed by atoms with van der Waals surface area (Å²) in [5.41, 5.74) is 0.160. The predicted molar refractivity (Wildman–Crippen MR) is 83.1 cm³/mol. The number of likely N-dealkylation sites (tertiary alicyclic amines) is 1. The van der Waals surface area contributed by atoms with Crippen molar-refractivity contribution in [3.8, 4) is 0 Å². The largest absolute Gasteiger partial charge is 0.395 e. The van der Waals surface area contributed by atoms with E-state index >= 15 is 0 Å². The summed E-state index contributed by atoms with van der Waals surface area (Å²) in [4.78, 5) is 15.0. The van der Waals surface area contributed by atoms with Gasteiger partial charge in [0, 0.05) is 38.6 Å². The Morgan fingerprint density at radius 3 is 2.83 bits per heavy atom. The van der Waals surface area contributed by atoms with Crippen molar-refractivity contribution < 1.29 is 14.3 Å². The Bertz CT molecular complexity index is 614. The number of nitrogens with one attached hydrogen (secondary N) is 2. The van der Waals surface area contributed by atoms with Gasteiger partial charge in [0.05, 0.1) is 18.1 Å². The van der Waals surface area contributed by atoms with Crippen molar-refractivity contribution in [1.29, 1.82) is 0 Å². The van der Waals surface area contributed by atoms with Gasteiger partial charge >= 0.3 is 0 Å². The van der Waals surface area contributed by atoms with Gasteiger partial charge in [0.15, 0.2) is 0 Å². The summed E-state index contributed by atoms with van der Waals surface area (Å²) in [7, 11) is 0. The normalized spacial score (nSPS) is 31.7. The lowest BCUT2D eigenvalue weighted by Gasteiger charge is -2.43. The molecule has 0 aromatic heterocycles. The van der Waals surface area contributed by atoms with Crippen LogP contribution in [-0.2, 0) is 4.79 Å². The van der Waals surface area contributed by atoms with E-state index in [-0.39, 0.29) is 24.4 Å². The first-order valence-electron chi connectivity index (χ1n) is 8.23. The number of fused-ring (bicyclic) bond motifs is 1. The number of hydrogen-bond donors (Lipinski definition) is 3. The minimum atomic E-state index is -0.697.